The Balaban J connectivity index is 1.84. The van der Waals surface area contributed by atoms with Crippen LogP contribution < -0.4 is 10.5 Å². The minimum absolute atomic E-state index is 0.0523. The van der Waals surface area contributed by atoms with E-state index in [9.17, 15) is 9.90 Å². The van der Waals surface area contributed by atoms with Crippen molar-refractivity contribution < 1.29 is 5.11 Å². The maximum atomic E-state index is 13.7. The smallest absolute Gasteiger partial charge is 0.263 e. The summed E-state index contributed by atoms with van der Waals surface area (Å²) in [6, 6.07) is 15.1. The molecule has 1 saturated heterocycles. The van der Waals surface area contributed by atoms with E-state index in [-0.39, 0.29) is 12.2 Å². The van der Waals surface area contributed by atoms with E-state index >= 15 is 0 Å². The first kappa shape index (κ1) is 22.7. The van der Waals surface area contributed by atoms with E-state index in [2.05, 4.69) is 28.7 Å². The average Bonchev–Trinajstić information content (AvgIpc) is 2.86. The first-order valence-corrected chi connectivity index (χ1v) is 11.1. The van der Waals surface area contributed by atoms with E-state index in [1.165, 1.54) is 0 Å². The Morgan fingerprint density at radius 3 is 2.21 bits per heavy atom. The van der Waals surface area contributed by atoms with Crippen LogP contribution in [0.3, 0.4) is 0 Å². The number of piperidine rings is 1. The van der Waals surface area contributed by atoms with Crippen LogP contribution in [-0.4, -0.2) is 52.8 Å². The number of anilines is 1. The fraction of sp³-hybridized carbons (Fsp3) is 0.346. The van der Waals surface area contributed by atoms with Gasteiger partial charge in [0.15, 0.2) is 5.69 Å². The van der Waals surface area contributed by atoms with Gasteiger partial charge in [-0.1, -0.05) is 48.5 Å². The Kier molecular flexibility index (Phi) is 6.59. The van der Waals surface area contributed by atoms with E-state index in [4.69, 9.17) is 11.6 Å². The van der Waals surface area contributed by atoms with Crippen molar-refractivity contribution in [2.75, 3.05) is 32.1 Å². The summed E-state index contributed by atoms with van der Waals surface area (Å²) in [5.74, 6) is 0.664. The van der Waals surface area contributed by atoms with Gasteiger partial charge >= 0.3 is 0 Å². The predicted octanol–water partition coefficient (Wildman–Crippen LogP) is 3.69. The van der Waals surface area contributed by atoms with E-state index in [1.807, 2.05) is 36.4 Å². The molecule has 0 amide bonds. The van der Waals surface area contributed by atoms with Crippen molar-refractivity contribution >= 4 is 11.6 Å². The summed E-state index contributed by atoms with van der Waals surface area (Å²) >= 11 is 0. The zero-order chi connectivity index (χ0) is 23.5. The highest BCUT2D eigenvalue weighted by molar-refractivity contribution is 5.81. The van der Waals surface area contributed by atoms with Gasteiger partial charge in [0.1, 0.15) is 0 Å². The highest BCUT2D eigenvalue weighted by atomic mass is 16.3. The van der Waals surface area contributed by atoms with Crippen molar-refractivity contribution in [3.05, 3.63) is 75.9 Å². The number of aromatic nitrogens is 2. The van der Waals surface area contributed by atoms with E-state index in [0.29, 0.717) is 28.9 Å². The molecular weight excluding hydrogens is 414 g/mol. The van der Waals surface area contributed by atoms with Gasteiger partial charge in [0.2, 0.25) is 5.95 Å². The third-order valence-electron chi connectivity index (χ3n) is 6.44. The van der Waals surface area contributed by atoms with Gasteiger partial charge < -0.3 is 14.9 Å². The Hall–Kier alpha value is -3.47. The number of benzene rings is 2. The van der Waals surface area contributed by atoms with Gasteiger partial charge in [-0.05, 0) is 43.6 Å². The van der Waals surface area contributed by atoms with E-state index < -0.39 is 0 Å². The fourth-order valence-corrected chi connectivity index (χ4v) is 4.40. The highest BCUT2D eigenvalue weighted by Crippen LogP contribution is 2.32. The van der Waals surface area contributed by atoms with Gasteiger partial charge in [-0.25, -0.2) is 9.83 Å². The van der Waals surface area contributed by atoms with Crippen molar-refractivity contribution in [1.29, 1.82) is 0 Å². The van der Waals surface area contributed by atoms with Gasteiger partial charge in [-0.15, -0.1) is 0 Å². The summed E-state index contributed by atoms with van der Waals surface area (Å²) in [6.45, 7) is 8.86. The number of hydrogen-bond acceptors (Lipinski definition) is 5. The van der Waals surface area contributed by atoms with Crippen LogP contribution in [0.25, 0.3) is 27.2 Å². The summed E-state index contributed by atoms with van der Waals surface area (Å²) in [4.78, 5) is 26.6. The molecular formula is C26H29N5O2. The molecule has 0 aliphatic carbocycles. The van der Waals surface area contributed by atoms with E-state index in [1.54, 1.807) is 23.7 Å². The van der Waals surface area contributed by atoms with Crippen LogP contribution in [0.15, 0.2) is 53.3 Å². The molecule has 1 fully saturated rings. The molecule has 1 N–H and O–H groups in total. The van der Waals surface area contributed by atoms with Crippen LogP contribution in [0, 0.1) is 6.57 Å². The molecule has 33 heavy (non-hydrogen) atoms. The second-order valence-electron chi connectivity index (χ2n) is 8.70. The standard InChI is InChI=1S/C26H29N5O2/c1-27-21-11-9-20(10-12-21)24-23(19-7-5-18(17-32)6-8-19)25(33)30(4)26(28-24)31-15-13-22(14-16-31)29(2)3/h5-12,22,32H,13-17H2,2-4H3. The maximum Gasteiger partial charge on any atom is 0.263 e. The van der Waals surface area contributed by atoms with Crippen molar-refractivity contribution in [1.82, 2.24) is 14.5 Å². The van der Waals surface area contributed by atoms with Gasteiger partial charge in [0.25, 0.3) is 5.56 Å². The Labute approximate surface area is 194 Å². The Bertz CT molecular complexity index is 1220. The van der Waals surface area contributed by atoms with Crippen molar-refractivity contribution in [3.63, 3.8) is 0 Å². The lowest BCUT2D eigenvalue weighted by Crippen LogP contribution is -2.44. The van der Waals surface area contributed by atoms with Gasteiger partial charge in [-0.3, -0.25) is 9.36 Å². The molecule has 1 aromatic heterocycles. The molecule has 4 rings (SSSR count). The van der Waals surface area contributed by atoms with Crippen LogP contribution in [0.4, 0.5) is 11.6 Å². The lowest BCUT2D eigenvalue weighted by atomic mass is 9.99. The zero-order valence-electron chi connectivity index (χ0n) is 19.3. The molecule has 2 aromatic carbocycles. The summed E-state index contributed by atoms with van der Waals surface area (Å²) < 4.78 is 1.64. The fourth-order valence-electron chi connectivity index (χ4n) is 4.40. The molecule has 0 saturated carbocycles. The zero-order valence-corrected chi connectivity index (χ0v) is 19.3. The second-order valence-corrected chi connectivity index (χ2v) is 8.70. The SMILES string of the molecule is [C-]#[N+]c1ccc(-c2nc(N3CCC(N(C)C)CC3)n(C)c(=O)c2-c2ccc(CO)cc2)cc1. The monoisotopic (exact) mass is 443 g/mol. The minimum atomic E-state index is -0.115. The number of aliphatic hydroxyl groups excluding tert-OH is 1. The Morgan fingerprint density at radius 2 is 1.67 bits per heavy atom. The number of nitrogens with zero attached hydrogens (tertiary/aromatic N) is 5. The van der Waals surface area contributed by atoms with Crippen LogP contribution >= 0.6 is 0 Å². The Morgan fingerprint density at radius 1 is 1.06 bits per heavy atom. The molecule has 0 atom stereocenters. The van der Waals surface area contributed by atoms with Crippen LogP contribution in [0.1, 0.15) is 18.4 Å². The van der Waals surface area contributed by atoms with Crippen LogP contribution in [-0.2, 0) is 13.7 Å². The first-order chi connectivity index (χ1) is 15.9. The molecule has 2 heterocycles. The molecule has 3 aromatic rings. The summed E-state index contributed by atoms with van der Waals surface area (Å²) in [5, 5.41) is 9.40. The summed E-state index contributed by atoms with van der Waals surface area (Å²) in [7, 11) is 5.99. The van der Waals surface area contributed by atoms with Crippen molar-refractivity contribution in [3.8, 4) is 22.4 Å². The molecule has 170 valence electrons. The molecule has 1 aliphatic heterocycles. The predicted molar refractivity (Wildman–Crippen MR) is 131 cm³/mol. The second kappa shape index (κ2) is 9.57. The summed E-state index contributed by atoms with van der Waals surface area (Å²) in [6.07, 6.45) is 2.03. The van der Waals surface area contributed by atoms with Gasteiger partial charge in [0.05, 0.1) is 24.4 Å². The third kappa shape index (κ3) is 4.54. The maximum absolute atomic E-state index is 13.7. The topological polar surface area (TPSA) is 66.0 Å². The minimum Gasteiger partial charge on any atom is -0.392 e. The largest absolute Gasteiger partial charge is 0.392 e. The normalized spacial score (nSPS) is 14.5. The lowest BCUT2D eigenvalue weighted by molar-refractivity contribution is 0.248. The van der Waals surface area contributed by atoms with Gasteiger partial charge in [-0.2, -0.15) is 0 Å². The van der Waals surface area contributed by atoms with Crippen molar-refractivity contribution in [2.45, 2.75) is 25.5 Å². The highest BCUT2D eigenvalue weighted by Gasteiger charge is 2.25. The molecule has 1 aliphatic rings. The van der Waals surface area contributed by atoms with E-state index in [0.717, 1.165) is 42.6 Å². The van der Waals surface area contributed by atoms with Crippen LogP contribution in [0.2, 0.25) is 0 Å². The lowest BCUT2D eigenvalue weighted by Gasteiger charge is -2.36. The van der Waals surface area contributed by atoms with Crippen LogP contribution in [0.5, 0.6) is 0 Å². The molecule has 0 unspecified atom stereocenters. The molecule has 7 heteroatoms. The van der Waals surface area contributed by atoms with Crippen molar-refractivity contribution in [2.24, 2.45) is 7.05 Å². The number of rotatable bonds is 5. The molecule has 0 bridgehead atoms. The van der Waals surface area contributed by atoms with Gasteiger partial charge in [0, 0.05) is 26.2 Å². The quantitative estimate of drug-likeness (QED) is 0.610. The first-order valence-electron chi connectivity index (χ1n) is 11.1. The molecule has 7 nitrogen and oxygen atoms in total. The molecule has 0 radical (unpaired) electrons. The molecule has 0 spiro atoms. The number of hydrogen-bond donors (Lipinski definition) is 1. The number of aliphatic hydroxyl groups is 1. The summed E-state index contributed by atoms with van der Waals surface area (Å²) in [5.41, 5.74) is 3.89. The average molecular weight is 444 g/mol. The third-order valence-corrected chi connectivity index (χ3v) is 6.44.